The lowest BCUT2D eigenvalue weighted by Gasteiger charge is -2.17. The van der Waals surface area contributed by atoms with Crippen molar-refractivity contribution in [2.45, 2.75) is 33.4 Å². The fraction of sp³-hybridized carbons (Fsp3) is 0.227. The molecule has 9 nitrogen and oxygen atoms in total. The van der Waals surface area contributed by atoms with Crippen LogP contribution in [0.2, 0.25) is 5.02 Å². The Morgan fingerprint density at radius 2 is 1.85 bits per heavy atom. The second-order valence-electron chi connectivity index (χ2n) is 7.76. The number of halogens is 3. The summed E-state index contributed by atoms with van der Waals surface area (Å²) >= 11 is 6.14. The quantitative estimate of drug-likeness (QED) is 0.463. The highest BCUT2D eigenvalue weighted by Crippen LogP contribution is 2.30. The molecule has 2 aromatic heterocycles. The van der Waals surface area contributed by atoms with Gasteiger partial charge < -0.3 is 5.73 Å². The van der Waals surface area contributed by atoms with Crippen LogP contribution < -0.4 is 16.9 Å². The number of primary amides is 1. The molecule has 0 radical (unpaired) electrons. The molecule has 1 amide bonds. The molecule has 12 heteroatoms. The van der Waals surface area contributed by atoms with E-state index in [2.05, 4.69) is 10.2 Å². The smallest absolute Gasteiger partial charge is 0.351 e. The predicted molar refractivity (Wildman–Crippen MR) is 122 cm³/mol. The number of benzene rings is 2. The van der Waals surface area contributed by atoms with E-state index in [9.17, 15) is 18.8 Å². The van der Waals surface area contributed by atoms with Crippen molar-refractivity contribution in [3.63, 3.8) is 0 Å². The van der Waals surface area contributed by atoms with Crippen LogP contribution in [-0.2, 0) is 6.54 Å². The minimum atomic E-state index is -0.962. The fourth-order valence-electron chi connectivity index (χ4n) is 3.72. The van der Waals surface area contributed by atoms with Gasteiger partial charge in [0.2, 0.25) is 11.3 Å². The summed E-state index contributed by atoms with van der Waals surface area (Å²) in [6.45, 7) is 5.20. The molecule has 0 atom stereocenters. The van der Waals surface area contributed by atoms with Crippen LogP contribution in [0.3, 0.4) is 0 Å². The molecule has 4 aromatic rings. The zero-order valence-corrected chi connectivity index (χ0v) is 19.1. The van der Waals surface area contributed by atoms with Gasteiger partial charge in [-0.05, 0) is 45.0 Å². The molecule has 0 aliphatic heterocycles. The lowest BCUT2D eigenvalue weighted by Crippen LogP contribution is -2.26. The third kappa shape index (κ3) is 3.58. The molecule has 34 heavy (non-hydrogen) atoms. The molecule has 0 saturated heterocycles. The zero-order chi connectivity index (χ0) is 24.9. The van der Waals surface area contributed by atoms with E-state index in [1.165, 1.54) is 22.9 Å². The van der Waals surface area contributed by atoms with E-state index in [4.69, 9.17) is 17.3 Å². The number of nitrogens with two attached hydrogens (primary N) is 1. The van der Waals surface area contributed by atoms with Gasteiger partial charge in [-0.25, -0.2) is 13.6 Å². The van der Waals surface area contributed by atoms with Gasteiger partial charge in [-0.15, -0.1) is 5.10 Å². The lowest BCUT2D eigenvalue weighted by atomic mass is 10.1. The van der Waals surface area contributed by atoms with Crippen LogP contribution >= 0.6 is 11.6 Å². The first kappa shape index (κ1) is 23.3. The monoisotopic (exact) mass is 488 g/mol. The number of carbonyl (C=O) groups is 1. The molecule has 2 heterocycles. The number of rotatable bonds is 5. The average Bonchev–Trinajstić information content (AvgIpc) is 3.11. The Morgan fingerprint density at radius 1 is 1.15 bits per heavy atom. The van der Waals surface area contributed by atoms with E-state index < -0.39 is 28.7 Å². The molecule has 0 spiro atoms. The van der Waals surface area contributed by atoms with E-state index in [-0.39, 0.29) is 51.3 Å². The second kappa shape index (κ2) is 8.49. The average molecular weight is 489 g/mol. The molecule has 0 aliphatic rings. The number of hydrogen-bond acceptors (Lipinski definition) is 5. The Morgan fingerprint density at radius 3 is 2.41 bits per heavy atom. The molecular formula is C22H19ClF2N6O3. The summed E-state index contributed by atoms with van der Waals surface area (Å²) in [7, 11) is 0. The van der Waals surface area contributed by atoms with Gasteiger partial charge in [0.25, 0.3) is 5.91 Å². The van der Waals surface area contributed by atoms with Gasteiger partial charge in [-0.2, -0.15) is 9.78 Å². The van der Waals surface area contributed by atoms with E-state index in [0.29, 0.717) is 4.68 Å². The number of aromatic nitrogens is 5. The molecule has 0 bridgehead atoms. The Balaban J connectivity index is 2.08. The zero-order valence-electron chi connectivity index (χ0n) is 18.3. The minimum absolute atomic E-state index is 0.0213. The van der Waals surface area contributed by atoms with Crippen LogP contribution in [0.15, 0.2) is 39.9 Å². The molecular weight excluding hydrogens is 470 g/mol. The number of carbonyl (C=O) groups excluding carboxylic acids is 1. The molecule has 0 unspecified atom stereocenters. The van der Waals surface area contributed by atoms with Crippen molar-refractivity contribution in [3.05, 3.63) is 73.5 Å². The summed E-state index contributed by atoms with van der Waals surface area (Å²) in [5.41, 5.74) is 3.16. The normalized spacial score (nSPS) is 11.5. The van der Waals surface area contributed by atoms with Crippen molar-refractivity contribution in [3.8, 4) is 16.9 Å². The number of amides is 1. The van der Waals surface area contributed by atoms with Crippen molar-refractivity contribution >= 4 is 28.4 Å². The van der Waals surface area contributed by atoms with Crippen LogP contribution in [0.5, 0.6) is 0 Å². The van der Waals surface area contributed by atoms with E-state index >= 15 is 4.39 Å². The first-order valence-electron chi connectivity index (χ1n) is 10.3. The lowest BCUT2D eigenvalue weighted by molar-refractivity contribution is 0.0985. The highest BCUT2D eigenvalue weighted by molar-refractivity contribution is 6.33. The van der Waals surface area contributed by atoms with Crippen molar-refractivity contribution in [1.82, 2.24) is 24.1 Å². The Bertz CT molecular complexity index is 1570. The summed E-state index contributed by atoms with van der Waals surface area (Å²) in [6.07, 6.45) is 0. The standard InChI is InChI=1S/C22H19ClF2N6O3/c1-4-29-21(20(26)33)28-31(22(29)34)16-9-15-11(8-14(16)25)19(32)18(27-30(15)10(2)3)17-12(23)6-5-7-13(17)24/h5-10H,4H2,1-3H3,(H2,26,33). The van der Waals surface area contributed by atoms with Crippen molar-refractivity contribution in [2.75, 3.05) is 0 Å². The predicted octanol–water partition coefficient (Wildman–Crippen LogP) is 3.04. The van der Waals surface area contributed by atoms with Crippen LogP contribution in [0.25, 0.3) is 27.8 Å². The van der Waals surface area contributed by atoms with E-state index in [0.717, 1.165) is 16.7 Å². The topological polar surface area (TPSA) is 118 Å². The first-order chi connectivity index (χ1) is 16.1. The summed E-state index contributed by atoms with van der Waals surface area (Å²) in [6, 6.07) is 5.75. The van der Waals surface area contributed by atoms with Crippen molar-refractivity contribution in [1.29, 1.82) is 0 Å². The van der Waals surface area contributed by atoms with Gasteiger partial charge in [0.15, 0.2) is 0 Å². The summed E-state index contributed by atoms with van der Waals surface area (Å²) in [4.78, 5) is 37.7. The number of nitrogens with zero attached hydrogens (tertiary/aromatic N) is 5. The van der Waals surface area contributed by atoms with Crippen molar-refractivity contribution in [2.24, 2.45) is 5.73 Å². The van der Waals surface area contributed by atoms with Crippen LogP contribution in [-0.4, -0.2) is 30.0 Å². The summed E-state index contributed by atoms with van der Waals surface area (Å²) in [5, 5.41) is 8.08. The van der Waals surface area contributed by atoms with Gasteiger partial charge in [0, 0.05) is 12.6 Å². The Hall–Kier alpha value is -3.86. The van der Waals surface area contributed by atoms with Gasteiger partial charge in [-0.3, -0.25) is 18.8 Å². The number of hydrogen-bond donors (Lipinski definition) is 1. The Labute approximate surface area is 196 Å². The Kier molecular flexibility index (Phi) is 5.82. The van der Waals surface area contributed by atoms with Gasteiger partial charge in [0.1, 0.15) is 23.0 Å². The largest absolute Gasteiger partial charge is 0.363 e. The van der Waals surface area contributed by atoms with Crippen molar-refractivity contribution < 1.29 is 13.6 Å². The molecule has 176 valence electrons. The highest BCUT2D eigenvalue weighted by atomic mass is 35.5. The molecule has 0 aliphatic carbocycles. The van der Waals surface area contributed by atoms with Gasteiger partial charge >= 0.3 is 5.69 Å². The maximum atomic E-state index is 15.2. The summed E-state index contributed by atoms with van der Waals surface area (Å²) in [5.74, 6) is -3.00. The molecule has 2 N–H and O–H groups in total. The molecule has 4 rings (SSSR count). The first-order valence-corrected chi connectivity index (χ1v) is 10.6. The third-order valence-electron chi connectivity index (χ3n) is 5.30. The SMILES string of the molecule is CCn1c(C(N)=O)nn(-c2cc3c(cc2F)c(=O)c(-c2c(F)cccc2Cl)nn3C(C)C)c1=O. The van der Waals surface area contributed by atoms with Crippen LogP contribution in [0, 0.1) is 11.6 Å². The molecule has 2 aromatic carbocycles. The molecule has 0 saturated carbocycles. The molecule has 0 fully saturated rings. The third-order valence-corrected chi connectivity index (χ3v) is 5.61. The highest BCUT2D eigenvalue weighted by Gasteiger charge is 2.24. The van der Waals surface area contributed by atoms with Gasteiger partial charge in [0.05, 0.1) is 21.5 Å². The minimum Gasteiger partial charge on any atom is -0.363 e. The van der Waals surface area contributed by atoms with Gasteiger partial charge in [-0.1, -0.05) is 17.7 Å². The fourth-order valence-corrected chi connectivity index (χ4v) is 3.97. The van der Waals surface area contributed by atoms with E-state index in [1.54, 1.807) is 20.8 Å². The maximum absolute atomic E-state index is 15.2. The van der Waals surface area contributed by atoms with Crippen LogP contribution in [0.1, 0.15) is 37.4 Å². The number of fused-ring (bicyclic) bond motifs is 1. The van der Waals surface area contributed by atoms with E-state index in [1.807, 2.05) is 0 Å². The maximum Gasteiger partial charge on any atom is 0.351 e. The summed E-state index contributed by atoms with van der Waals surface area (Å²) < 4.78 is 32.9. The van der Waals surface area contributed by atoms with Crippen LogP contribution in [0.4, 0.5) is 8.78 Å². The second-order valence-corrected chi connectivity index (χ2v) is 8.17.